The number of aromatic nitrogens is 3. The van der Waals surface area contributed by atoms with Gasteiger partial charge >= 0.3 is 0 Å². The van der Waals surface area contributed by atoms with E-state index in [-0.39, 0.29) is 5.91 Å². The minimum Gasteiger partial charge on any atom is -0.311 e. The summed E-state index contributed by atoms with van der Waals surface area (Å²) in [5, 5.41) is 7.16. The van der Waals surface area contributed by atoms with Crippen molar-refractivity contribution in [3.63, 3.8) is 0 Å². The predicted octanol–water partition coefficient (Wildman–Crippen LogP) is 2.31. The maximum absolute atomic E-state index is 11.9. The highest BCUT2D eigenvalue weighted by Gasteiger charge is 2.11. The van der Waals surface area contributed by atoms with Gasteiger partial charge in [-0.3, -0.25) is 9.48 Å². The summed E-state index contributed by atoms with van der Waals surface area (Å²) >= 11 is 0. The maximum Gasteiger partial charge on any atom is 0.225 e. The van der Waals surface area contributed by atoms with Crippen molar-refractivity contribution < 1.29 is 4.79 Å². The standard InChI is InChI=1S/C15H20N4O/c1-10-5-7-14(16-9-10)17-15(20)8-6-13-11(2)18-19(4)12(13)3/h5,7,9H,6,8H2,1-4H3,(H,16,17,20). The highest BCUT2D eigenvalue weighted by atomic mass is 16.1. The van der Waals surface area contributed by atoms with Crippen LogP contribution in [-0.2, 0) is 18.3 Å². The van der Waals surface area contributed by atoms with Crippen molar-refractivity contribution in [1.82, 2.24) is 14.8 Å². The molecule has 0 aliphatic rings. The Hall–Kier alpha value is -2.17. The van der Waals surface area contributed by atoms with Crippen LogP contribution in [0.2, 0.25) is 0 Å². The van der Waals surface area contributed by atoms with E-state index in [0.29, 0.717) is 18.7 Å². The molecule has 0 aliphatic carbocycles. The predicted molar refractivity (Wildman–Crippen MR) is 78.6 cm³/mol. The Morgan fingerprint density at radius 1 is 1.30 bits per heavy atom. The number of amides is 1. The largest absolute Gasteiger partial charge is 0.311 e. The van der Waals surface area contributed by atoms with Crippen LogP contribution in [0.1, 0.15) is 28.9 Å². The molecule has 1 amide bonds. The van der Waals surface area contributed by atoms with E-state index in [4.69, 9.17) is 0 Å². The topological polar surface area (TPSA) is 59.8 Å². The Morgan fingerprint density at radius 2 is 2.05 bits per heavy atom. The van der Waals surface area contributed by atoms with Crippen LogP contribution in [0.5, 0.6) is 0 Å². The number of hydrogen-bond donors (Lipinski definition) is 1. The molecule has 20 heavy (non-hydrogen) atoms. The molecule has 2 rings (SSSR count). The van der Waals surface area contributed by atoms with Crippen LogP contribution in [0.4, 0.5) is 5.82 Å². The molecule has 0 saturated heterocycles. The molecule has 1 N–H and O–H groups in total. The van der Waals surface area contributed by atoms with E-state index < -0.39 is 0 Å². The Balaban J connectivity index is 1.94. The van der Waals surface area contributed by atoms with Gasteiger partial charge in [-0.15, -0.1) is 0 Å². The van der Waals surface area contributed by atoms with E-state index in [2.05, 4.69) is 15.4 Å². The number of carbonyl (C=O) groups is 1. The van der Waals surface area contributed by atoms with Gasteiger partial charge in [-0.25, -0.2) is 4.98 Å². The fourth-order valence-corrected chi connectivity index (χ4v) is 2.16. The second kappa shape index (κ2) is 5.86. The first-order valence-corrected chi connectivity index (χ1v) is 6.69. The third-order valence-electron chi connectivity index (χ3n) is 3.44. The van der Waals surface area contributed by atoms with Crippen LogP contribution in [0, 0.1) is 20.8 Å². The molecule has 2 aromatic heterocycles. The molecule has 0 atom stereocenters. The monoisotopic (exact) mass is 272 g/mol. The fraction of sp³-hybridized carbons (Fsp3) is 0.400. The molecule has 0 aliphatic heterocycles. The van der Waals surface area contributed by atoms with Gasteiger partial charge < -0.3 is 5.32 Å². The molecule has 0 spiro atoms. The van der Waals surface area contributed by atoms with Crippen molar-refractivity contribution >= 4 is 11.7 Å². The first-order chi connectivity index (χ1) is 9.47. The van der Waals surface area contributed by atoms with Gasteiger partial charge in [0.05, 0.1) is 5.69 Å². The SMILES string of the molecule is Cc1ccc(NC(=O)CCc2c(C)nn(C)c2C)nc1. The second-order valence-corrected chi connectivity index (χ2v) is 5.04. The van der Waals surface area contributed by atoms with Crippen LogP contribution < -0.4 is 5.32 Å². The van der Waals surface area contributed by atoms with E-state index in [1.165, 1.54) is 0 Å². The quantitative estimate of drug-likeness (QED) is 0.929. The molecule has 106 valence electrons. The molecule has 0 aromatic carbocycles. The van der Waals surface area contributed by atoms with Crippen molar-refractivity contribution in [2.24, 2.45) is 7.05 Å². The number of carbonyl (C=O) groups excluding carboxylic acids is 1. The highest BCUT2D eigenvalue weighted by Crippen LogP contribution is 2.14. The van der Waals surface area contributed by atoms with E-state index in [1.54, 1.807) is 6.20 Å². The van der Waals surface area contributed by atoms with Crippen LogP contribution in [0.25, 0.3) is 0 Å². The van der Waals surface area contributed by atoms with Gasteiger partial charge in [0.15, 0.2) is 0 Å². The van der Waals surface area contributed by atoms with Gasteiger partial charge in [-0.2, -0.15) is 5.10 Å². The first kappa shape index (κ1) is 14.2. The number of hydrogen-bond acceptors (Lipinski definition) is 3. The highest BCUT2D eigenvalue weighted by molar-refractivity contribution is 5.89. The fourth-order valence-electron chi connectivity index (χ4n) is 2.16. The lowest BCUT2D eigenvalue weighted by Crippen LogP contribution is -2.13. The lowest BCUT2D eigenvalue weighted by molar-refractivity contribution is -0.116. The van der Waals surface area contributed by atoms with Crippen molar-refractivity contribution in [2.75, 3.05) is 5.32 Å². The third kappa shape index (κ3) is 3.23. The number of nitrogens with one attached hydrogen (secondary N) is 1. The van der Waals surface area contributed by atoms with Gasteiger partial charge in [-0.05, 0) is 44.4 Å². The van der Waals surface area contributed by atoms with Crippen molar-refractivity contribution in [3.8, 4) is 0 Å². The maximum atomic E-state index is 11.9. The van der Waals surface area contributed by atoms with Gasteiger partial charge in [0.25, 0.3) is 0 Å². The number of nitrogens with zero attached hydrogens (tertiary/aromatic N) is 3. The van der Waals surface area contributed by atoms with Gasteiger partial charge in [-0.1, -0.05) is 6.07 Å². The van der Waals surface area contributed by atoms with Crippen LogP contribution in [-0.4, -0.2) is 20.7 Å². The van der Waals surface area contributed by atoms with E-state index in [9.17, 15) is 4.79 Å². The Bertz CT molecular complexity index is 614. The molecular formula is C15H20N4O. The second-order valence-electron chi connectivity index (χ2n) is 5.04. The summed E-state index contributed by atoms with van der Waals surface area (Å²) in [4.78, 5) is 16.1. The minimum absolute atomic E-state index is 0.0241. The number of rotatable bonds is 4. The number of aryl methyl sites for hydroxylation is 3. The molecule has 2 heterocycles. The molecule has 0 fully saturated rings. The molecule has 0 bridgehead atoms. The van der Waals surface area contributed by atoms with E-state index >= 15 is 0 Å². The average molecular weight is 272 g/mol. The van der Waals surface area contributed by atoms with Crippen molar-refractivity contribution in [1.29, 1.82) is 0 Å². The summed E-state index contributed by atoms with van der Waals surface area (Å²) < 4.78 is 1.85. The molecule has 0 unspecified atom stereocenters. The summed E-state index contributed by atoms with van der Waals surface area (Å²) in [7, 11) is 1.92. The summed E-state index contributed by atoms with van der Waals surface area (Å²) in [5.41, 5.74) is 4.33. The smallest absolute Gasteiger partial charge is 0.225 e. The van der Waals surface area contributed by atoms with Gasteiger partial charge in [0.2, 0.25) is 5.91 Å². The van der Waals surface area contributed by atoms with E-state index in [1.807, 2.05) is 44.6 Å². The molecule has 2 aromatic rings. The zero-order chi connectivity index (χ0) is 14.7. The van der Waals surface area contributed by atoms with Crippen LogP contribution in [0.3, 0.4) is 0 Å². The summed E-state index contributed by atoms with van der Waals surface area (Å²) in [5.74, 6) is 0.573. The Kier molecular flexibility index (Phi) is 4.17. The lowest BCUT2D eigenvalue weighted by Gasteiger charge is -2.05. The molecule has 0 radical (unpaired) electrons. The number of pyridine rings is 1. The van der Waals surface area contributed by atoms with E-state index in [0.717, 1.165) is 22.5 Å². The average Bonchev–Trinajstić information content (AvgIpc) is 2.64. The van der Waals surface area contributed by atoms with Crippen molar-refractivity contribution in [2.45, 2.75) is 33.6 Å². The molecule has 5 nitrogen and oxygen atoms in total. The normalized spacial score (nSPS) is 10.6. The molecule has 0 saturated carbocycles. The molecule has 5 heteroatoms. The van der Waals surface area contributed by atoms with Crippen LogP contribution >= 0.6 is 0 Å². The van der Waals surface area contributed by atoms with Crippen LogP contribution in [0.15, 0.2) is 18.3 Å². The summed E-state index contributed by atoms with van der Waals surface area (Å²) in [6.07, 6.45) is 2.87. The summed E-state index contributed by atoms with van der Waals surface area (Å²) in [6.45, 7) is 5.96. The number of anilines is 1. The Labute approximate surface area is 119 Å². The Morgan fingerprint density at radius 3 is 2.60 bits per heavy atom. The zero-order valence-corrected chi connectivity index (χ0v) is 12.4. The lowest BCUT2D eigenvalue weighted by atomic mass is 10.1. The van der Waals surface area contributed by atoms with Crippen molar-refractivity contribution in [3.05, 3.63) is 40.8 Å². The zero-order valence-electron chi connectivity index (χ0n) is 12.4. The minimum atomic E-state index is -0.0241. The molecular weight excluding hydrogens is 252 g/mol. The van der Waals surface area contributed by atoms with Gasteiger partial charge in [0, 0.05) is 25.4 Å². The summed E-state index contributed by atoms with van der Waals surface area (Å²) in [6, 6.07) is 3.74. The third-order valence-corrected chi connectivity index (χ3v) is 3.44. The van der Waals surface area contributed by atoms with Gasteiger partial charge in [0.1, 0.15) is 5.82 Å². The first-order valence-electron chi connectivity index (χ1n) is 6.69.